The lowest BCUT2D eigenvalue weighted by atomic mass is 9.83. The highest BCUT2D eigenvalue weighted by Gasteiger charge is 2.43. The van der Waals surface area contributed by atoms with Gasteiger partial charge in [-0.05, 0) is 11.6 Å². The summed E-state index contributed by atoms with van der Waals surface area (Å²) in [5, 5.41) is 39.2. The molecule has 3 aromatic heterocycles. The van der Waals surface area contributed by atoms with Gasteiger partial charge in [0, 0.05) is 62.2 Å². The quantitative estimate of drug-likeness (QED) is 0.360. The predicted molar refractivity (Wildman–Crippen MR) is 131 cm³/mol. The molecule has 1 saturated heterocycles. The predicted octanol–water partition coefficient (Wildman–Crippen LogP) is 0.946. The summed E-state index contributed by atoms with van der Waals surface area (Å²) in [7, 11) is 1.80. The molecule has 190 valence electrons. The largest absolute Gasteiger partial charge is 0.465 e. The van der Waals surface area contributed by atoms with E-state index in [9.17, 15) is 19.8 Å². The van der Waals surface area contributed by atoms with Crippen LogP contribution in [0.3, 0.4) is 0 Å². The molecule has 0 aliphatic carbocycles. The molecule has 5 rings (SSSR count). The van der Waals surface area contributed by atoms with Crippen molar-refractivity contribution in [3.8, 4) is 17.1 Å². The maximum atomic E-state index is 12.5. The lowest BCUT2D eigenvalue weighted by Gasteiger charge is -2.40. The molecule has 0 radical (unpaired) electrons. The summed E-state index contributed by atoms with van der Waals surface area (Å²) in [6.07, 6.45) is 5.84. The first-order valence-corrected chi connectivity index (χ1v) is 11.6. The first-order chi connectivity index (χ1) is 17.7. The maximum absolute atomic E-state index is 12.5. The van der Waals surface area contributed by atoms with E-state index in [0.717, 1.165) is 16.2 Å². The number of amides is 1. The first-order valence-electron chi connectivity index (χ1n) is 11.6. The fourth-order valence-corrected chi connectivity index (χ4v) is 4.39. The van der Waals surface area contributed by atoms with Crippen LogP contribution in [0, 0.1) is 0 Å². The van der Waals surface area contributed by atoms with Crippen molar-refractivity contribution in [2.45, 2.75) is 24.5 Å². The molecule has 1 fully saturated rings. The molecule has 1 aliphatic heterocycles. The highest BCUT2D eigenvalue weighted by Crippen LogP contribution is 2.33. The smallest absolute Gasteiger partial charge is 0.407 e. The summed E-state index contributed by atoms with van der Waals surface area (Å²) in [6, 6.07) is 8.90. The van der Waals surface area contributed by atoms with Gasteiger partial charge in [0.15, 0.2) is 5.82 Å². The first kappa shape index (κ1) is 24.3. The van der Waals surface area contributed by atoms with Crippen LogP contribution >= 0.6 is 0 Å². The minimum absolute atomic E-state index is 0.0271. The average molecular weight is 504 g/mol. The molecule has 4 aromatic rings. The number of aliphatic hydroxyl groups is 2. The van der Waals surface area contributed by atoms with E-state index in [1.54, 1.807) is 35.0 Å². The summed E-state index contributed by atoms with van der Waals surface area (Å²) >= 11 is 0. The van der Waals surface area contributed by atoms with Crippen molar-refractivity contribution in [1.82, 2.24) is 34.4 Å². The maximum Gasteiger partial charge on any atom is 0.407 e. The third kappa shape index (κ3) is 4.84. The van der Waals surface area contributed by atoms with Crippen molar-refractivity contribution in [3.05, 3.63) is 88.4 Å². The van der Waals surface area contributed by atoms with Gasteiger partial charge in [-0.1, -0.05) is 18.2 Å². The van der Waals surface area contributed by atoms with Crippen LogP contribution in [-0.4, -0.2) is 75.0 Å². The Balaban J connectivity index is 1.36. The molecule has 3 N–H and O–H groups in total. The van der Waals surface area contributed by atoms with Crippen LogP contribution in [0.15, 0.2) is 66.1 Å². The van der Waals surface area contributed by atoms with Crippen LogP contribution in [0.1, 0.15) is 23.2 Å². The standard InChI is InChI=1S/C25H25N7O5/c1-30-14-19(13-28-30)32-7-5-21(33)20(29-32)10-16-3-2-4-17(9-16)23-26-11-18(12-27-23)25(37)6-8-31(24(35)36)15-22(25)34/h2-5,7,9,11-14,22,34,37H,6,8,10,15H2,1H3,(H,35,36). The minimum atomic E-state index is -1.64. The van der Waals surface area contributed by atoms with E-state index in [0.29, 0.717) is 29.1 Å². The number of rotatable bonds is 5. The topological polar surface area (TPSA) is 159 Å². The van der Waals surface area contributed by atoms with E-state index in [2.05, 4.69) is 20.2 Å². The second-order valence-electron chi connectivity index (χ2n) is 9.03. The number of hydrogen-bond donors (Lipinski definition) is 3. The molecule has 0 bridgehead atoms. The molecule has 0 saturated carbocycles. The van der Waals surface area contributed by atoms with Crippen LogP contribution in [0.5, 0.6) is 0 Å². The molecular weight excluding hydrogens is 478 g/mol. The monoisotopic (exact) mass is 503 g/mol. The van der Waals surface area contributed by atoms with Gasteiger partial charge in [-0.2, -0.15) is 10.2 Å². The van der Waals surface area contributed by atoms with Gasteiger partial charge in [-0.15, -0.1) is 0 Å². The van der Waals surface area contributed by atoms with Crippen molar-refractivity contribution < 1.29 is 20.1 Å². The number of aryl methyl sites for hydroxylation is 1. The average Bonchev–Trinajstić information content (AvgIpc) is 3.33. The SMILES string of the molecule is Cn1cc(-n2ccc(=O)c(Cc3cccc(-c4ncc(C5(O)CCN(C(=O)O)CC5O)cn4)c3)n2)cn1. The number of carbonyl (C=O) groups is 1. The Morgan fingerprint density at radius 2 is 1.97 bits per heavy atom. The molecule has 0 spiro atoms. The van der Waals surface area contributed by atoms with Crippen molar-refractivity contribution in [2.75, 3.05) is 13.1 Å². The van der Waals surface area contributed by atoms with Gasteiger partial charge < -0.3 is 20.2 Å². The number of benzene rings is 1. The van der Waals surface area contributed by atoms with Gasteiger partial charge in [0.1, 0.15) is 23.1 Å². The van der Waals surface area contributed by atoms with Crippen molar-refractivity contribution in [1.29, 1.82) is 0 Å². The Morgan fingerprint density at radius 3 is 2.65 bits per heavy atom. The highest BCUT2D eigenvalue weighted by molar-refractivity contribution is 5.65. The summed E-state index contributed by atoms with van der Waals surface area (Å²) in [5.74, 6) is 0.403. The van der Waals surface area contributed by atoms with Gasteiger partial charge in [-0.25, -0.2) is 19.4 Å². The Hall–Kier alpha value is -4.42. The molecule has 37 heavy (non-hydrogen) atoms. The normalized spacial score (nSPS) is 19.6. The number of nitrogens with zero attached hydrogens (tertiary/aromatic N) is 7. The molecular formula is C25H25N7O5. The molecule has 1 amide bonds. The molecule has 2 atom stereocenters. The summed E-state index contributed by atoms with van der Waals surface area (Å²) in [5.41, 5.74) is 1.17. The van der Waals surface area contributed by atoms with E-state index in [4.69, 9.17) is 5.11 Å². The molecule has 2 unspecified atom stereocenters. The van der Waals surface area contributed by atoms with Gasteiger partial charge in [0.25, 0.3) is 0 Å². The molecule has 1 aromatic carbocycles. The summed E-state index contributed by atoms with van der Waals surface area (Å²) in [6.45, 7) is -0.117. The molecule has 4 heterocycles. The van der Waals surface area contributed by atoms with Crippen molar-refractivity contribution in [3.63, 3.8) is 0 Å². The van der Waals surface area contributed by atoms with Crippen LogP contribution in [0.25, 0.3) is 17.1 Å². The van der Waals surface area contributed by atoms with E-state index < -0.39 is 17.8 Å². The van der Waals surface area contributed by atoms with Gasteiger partial charge in [0.05, 0.1) is 18.9 Å². The van der Waals surface area contributed by atoms with E-state index in [1.165, 1.54) is 18.5 Å². The number of carboxylic acid groups (broad SMARTS) is 1. The Kier molecular flexibility index (Phi) is 6.27. The summed E-state index contributed by atoms with van der Waals surface area (Å²) < 4.78 is 3.26. The fourth-order valence-electron chi connectivity index (χ4n) is 4.39. The molecule has 1 aliphatic rings. The Labute approximate surface area is 211 Å². The van der Waals surface area contributed by atoms with E-state index in [1.807, 2.05) is 24.3 Å². The third-order valence-electron chi connectivity index (χ3n) is 6.52. The van der Waals surface area contributed by atoms with Gasteiger partial charge >= 0.3 is 6.09 Å². The number of aliphatic hydroxyl groups excluding tert-OH is 1. The Bertz CT molecular complexity index is 1500. The van der Waals surface area contributed by atoms with Gasteiger partial charge in [0.2, 0.25) is 5.43 Å². The number of β-amino-alcohol motifs (C(OH)–C–C–N with tert-alkyl or cyclic N) is 1. The Morgan fingerprint density at radius 1 is 1.19 bits per heavy atom. The zero-order valence-corrected chi connectivity index (χ0v) is 20.0. The second-order valence-corrected chi connectivity index (χ2v) is 9.03. The lowest BCUT2D eigenvalue weighted by Crippen LogP contribution is -2.54. The molecule has 12 nitrogen and oxygen atoms in total. The number of hydrogen-bond acceptors (Lipinski definition) is 8. The molecule has 12 heteroatoms. The van der Waals surface area contributed by atoms with Crippen LogP contribution in [0.2, 0.25) is 0 Å². The van der Waals surface area contributed by atoms with Crippen molar-refractivity contribution >= 4 is 6.09 Å². The van der Waals surface area contributed by atoms with Crippen LogP contribution < -0.4 is 5.43 Å². The fraction of sp³-hybridized carbons (Fsp3) is 0.280. The summed E-state index contributed by atoms with van der Waals surface area (Å²) in [4.78, 5) is 33.5. The number of piperidine rings is 1. The highest BCUT2D eigenvalue weighted by atomic mass is 16.4. The number of likely N-dealkylation sites (tertiary alicyclic amines) is 1. The van der Waals surface area contributed by atoms with E-state index in [-0.39, 0.29) is 24.9 Å². The lowest BCUT2D eigenvalue weighted by molar-refractivity contribution is -0.119. The van der Waals surface area contributed by atoms with E-state index >= 15 is 0 Å². The second kappa shape index (κ2) is 9.56. The third-order valence-corrected chi connectivity index (χ3v) is 6.52. The van der Waals surface area contributed by atoms with Crippen LogP contribution in [-0.2, 0) is 19.1 Å². The minimum Gasteiger partial charge on any atom is -0.465 e. The zero-order valence-electron chi connectivity index (χ0n) is 20.0. The number of aromatic nitrogens is 6. The van der Waals surface area contributed by atoms with Crippen molar-refractivity contribution in [2.24, 2.45) is 7.05 Å². The van der Waals surface area contributed by atoms with Gasteiger partial charge in [-0.3, -0.25) is 9.48 Å². The van der Waals surface area contributed by atoms with Crippen LogP contribution in [0.4, 0.5) is 4.79 Å². The zero-order chi connectivity index (χ0) is 26.2.